The minimum absolute atomic E-state index is 0.0222. The molecule has 2 aromatic carbocycles. The van der Waals surface area contributed by atoms with Crippen LogP contribution >= 0.6 is 0 Å². The minimum Gasteiger partial charge on any atom is -0.351 e. The van der Waals surface area contributed by atoms with Crippen molar-refractivity contribution in [2.45, 2.75) is 24.3 Å². The number of hydrogen-bond acceptors (Lipinski definition) is 4. The molecule has 148 valence electrons. The second-order valence-corrected chi connectivity index (χ2v) is 8.86. The van der Waals surface area contributed by atoms with Gasteiger partial charge in [0.2, 0.25) is 21.8 Å². The lowest BCUT2D eigenvalue weighted by Crippen LogP contribution is -2.38. The van der Waals surface area contributed by atoms with Crippen LogP contribution in [0.1, 0.15) is 18.4 Å². The van der Waals surface area contributed by atoms with Gasteiger partial charge in [0, 0.05) is 25.2 Å². The standard InChI is InChI=1S/C20H23N3O4S/c1-23(28(26,27)18-8-3-2-4-9-18)14-19(24)21-13-15-6-5-7-17(12-15)22-20(25)16-10-11-16/h2-9,12,16H,10-11,13-14H2,1H3,(H,21,24)(H,22,25). The van der Waals surface area contributed by atoms with Crippen LogP contribution in [0.15, 0.2) is 59.5 Å². The van der Waals surface area contributed by atoms with Gasteiger partial charge in [-0.25, -0.2) is 8.42 Å². The lowest BCUT2D eigenvalue weighted by Gasteiger charge is -2.17. The van der Waals surface area contributed by atoms with Gasteiger partial charge in [-0.15, -0.1) is 0 Å². The van der Waals surface area contributed by atoms with Crippen molar-refractivity contribution in [1.82, 2.24) is 9.62 Å². The Bertz CT molecular complexity index is 956. The molecule has 0 spiro atoms. The summed E-state index contributed by atoms with van der Waals surface area (Å²) in [5.74, 6) is -0.270. The van der Waals surface area contributed by atoms with E-state index in [0.29, 0.717) is 5.69 Å². The highest BCUT2D eigenvalue weighted by molar-refractivity contribution is 7.89. The Balaban J connectivity index is 1.53. The number of carbonyl (C=O) groups excluding carboxylic acids is 2. The molecule has 1 aliphatic rings. The molecular formula is C20H23N3O4S. The van der Waals surface area contributed by atoms with E-state index < -0.39 is 15.9 Å². The zero-order valence-electron chi connectivity index (χ0n) is 15.6. The van der Waals surface area contributed by atoms with Crippen molar-refractivity contribution in [3.8, 4) is 0 Å². The summed E-state index contributed by atoms with van der Waals surface area (Å²) in [5, 5.41) is 5.57. The second kappa shape index (κ2) is 8.53. The number of sulfonamides is 1. The largest absolute Gasteiger partial charge is 0.351 e. The number of nitrogens with zero attached hydrogens (tertiary/aromatic N) is 1. The number of likely N-dealkylation sites (N-methyl/N-ethyl adjacent to an activating group) is 1. The topological polar surface area (TPSA) is 95.6 Å². The maximum Gasteiger partial charge on any atom is 0.243 e. The molecule has 1 aliphatic carbocycles. The summed E-state index contributed by atoms with van der Waals surface area (Å²) in [6.07, 6.45) is 1.86. The van der Waals surface area contributed by atoms with Gasteiger partial charge >= 0.3 is 0 Å². The van der Waals surface area contributed by atoms with Crippen LogP contribution < -0.4 is 10.6 Å². The second-order valence-electron chi connectivity index (χ2n) is 6.81. The Hall–Kier alpha value is -2.71. The highest BCUT2D eigenvalue weighted by Crippen LogP contribution is 2.30. The summed E-state index contributed by atoms with van der Waals surface area (Å²) in [5.41, 5.74) is 1.50. The van der Waals surface area contributed by atoms with Crippen LogP contribution in [0, 0.1) is 5.92 Å². The fourth-order valence-electron chi connectivity index (χ4n) is 2.67. The predicted octanol–water partition coefficient (Wildman–Crippen LogP) is 1.97. The van der Waals surface area contributed by atoms with Crippen molar-refractivity contribution in [3.63, 3.8) is 0 Å². The molecule has 0 bridgehead atoms. The molecule has 0 unspecified atom stereocenters. The molecule has 8 heteroatoms. The maximum atomic E-state index is 12.5. The third-order valence-electron chi connectivity index (χ3n) is 4.45. The monoisotopic (exact) mass is 401 g/mol. The molecule has 0 aliphatic heterocycles. The molecule has 0 radical (unpaired) electrons. The van der Waals surface area contributed by atoms with Crippen molar-refractivity contribution < 1.29 is 18.0 Å². The highest BCUT2D eigenvalue weighted by atomic mass is 32.2. The zero-order chi connectivity index (χ0) is 20.1. The van der Waals surface area contributed by atoms with E-state index in [0.717, 1.165) is 22.7 Å². The average Bonchev–Trinajstić information content (AvgIpc) is 3.53. The van der Waals surface area contributed by atoms with Gasteiger partial charge in [-0.2, -0.15) is 4.31 Å². The number of amides is 2. The van der Waals surface area contributed by atoms with Crippen LogP contribution in [0.3, 0.4) is 0 Å². The van der Waals surface area contributed by atoms with Crippen molar-refractivity contribution in [2.24, 2.45) is 5.92 Å². The average molecular weight is 401 g/mol. The van der Waals surface area contributed by atoms with E-state index in [1.807, 2.05) is 6.07 Å². The lowest BCUT2D eigenvalue weighted by atomic mass is 10.2. The zero-order valence-corrected chi connectivity index (χ0v) is 16.4. The number of carbonyl (C=O) groups is 2. The summed E-state index contributed by atoms with van der Waals surface area (Å²) in [7, 11) is -2.34. The van der Waals surface area contributed by atoms with E-state index in [1.165, 1.54) is 19.2 Å². The van der Waals surface area contributed by atoms with Gasteiger partial charge in [-0.05, 0) is 42.7 Å². The van der Waals surface area contributed by atoms with Gasteiger partial charge < -0.3 is 10.6 Å². The van der Waals surface area contributed by atoms with Gasteiger partial charge in [-0.1, -0.05) is 30.3 Å². The first-order chi connectivity index (χ1) is 13.4. The molecule has 7 nitrogen and oxygen atoms in total. The Morgan fingerprint density at radius 2 is 1.79 bits per heavy atom. The van der Waals surface area contributed by atoms with Crippen molar-refractivity contribution in [2.75, 3.05) is 18.9 Å². The fraction of sp³-hybridized carbons (Fsp3) is 0.300. The summed E-state index contributed by atoms with van der Waals surface area (Å²) in [6, 6.07) is 15.2. The van der Waals surface area contributed by atoms with E-state index in [-0.39, 0.29) is 29.8 Å². The first-order valence-electron chi connectivity index (χ1n) is 9.04. The third-order valence-corrected chi connectivity index (χ3v) is 6.27. The van der Waals surface area contributed by atoms with Crippen LogP contribution in [-0.4, -0.2) is 38.1 Å². The molecule has 28 heavy (non-hydrogen) atoms. The number of nitrogens with one attached hydrogen (secondary N) is 2. The summed E-state index contributed by atoms with van der Waals surface area (Å²) in [6.45, 7) is -0.0411. The normalized spacial score (nSPS) is 13.9. The molecular weight excluding hydrogens is 378 g/mol. The van der Waals surface area contributed by atoms with Crippen LogP contribution in [0.2, 0.25) is 0 Å². The molecule has 0 atom stereocenters. The quantitative estimate of drug-likeness (QED) is 0.707. The van der Waals surface area contributed by atoms with E-state index in [1.54, 1.807) is 36.4 Å². The van der Waals surface area contributed by atoms with Crippen LogP contribution in [0.25, 0.3) is 0 Å². The van der Waals surface area contributed by atoms with Crippen molar-refractivity contribution >= 4 is 27.5 Å². The molecule has 3 rings (SSSR count). The van der Waals surface area contributed by atoms with Gasteiger partial charge in [0.15, 0.2) is 0 Å². The number of hydrogen-bond donors (Lipinski definition) is 2. The number of benzene rings is 2. The van der Waals surface area contributed by atoms with Gasteiger partial charge in [0.1, 0.15) is 0 Å². The van der Waals surface area contributed by atoms with Gasteiger partial charge in [0.05, 0.1) is 11.4 Å². The first kappa shape index (κ1) is 20.0. The Morgan fingerprint density at radius 3 is 2.46 bits per heavy atom. The molecule has 2 amide bonds. The van der Waals surface area contributed by atoms with Crippen LogP contribution in [0.5, 0.6) is 0 Å². The summed E-state index contributed by atoms with van der Waals surface area (Å²) < 4.78 is 25.9. The van der Waals surface area contributed by atoms with E-state index in [2.05, 4.69) is 10.6 Å². The Morgan fingerprint density at radius 1 is 1.07 bits per heavy atom. The molecule has 2 N–H and O–H groups in total. The molecule has 1 fully saturated rings. The highest BCUT2D eigenvalue weighted by Gasteiger charge is 2.29. The SMILES string of the molecule is CN(CC(=O)NCc1cccc(NC(=O)C2CC2)c1)S(=O)(=O)c1ccccc1. The summed E-state index contributed by atoms with van der Waals surface area (Å²) >= 11 is 0. The van der Waals surface area contributed by atoms with Crippen molar-refractivity contribution in [1.29, 1.82) is 0 Å². The van der Waals surface area contributed by atoms with E-state index in [9.17, 15) is 18.0 Å². The van der Waals surface area contributed by atoms with E-state index >= 15 is 0 Å². The Labute approximate surface area is 164 Å². The van der Waals surface area contributed by atoms with Gasteiger partial charge in [0.25, 0.3) is 0 Å². The molecule has 2 aromatic rings. The molecule has 0 heterocycles. The molecule has 1 saturated carbocycles. The number of rotatable bonds is 8. The smallest absolute Gasteiger partial charge is 0.243 e. The van der Waals surface area contributed by atoms with Crippen LogP contribution in [-0.2, 0) is 26.2 Å². The lowest BCUT2D eigenvalue weighted by molar-refractivity contribution is -0.121. The minimum atomic E-state index is -3.71. The van der Waals surface area contributed by atoms with Crippen LogP contribution in [0.4, 0.5) is 5.69 Å². The van der Waals surface area contributed by atoms with Gasteiger partial charge in [-0.3, -0.25) is 9.59 Å². The molecule has 0 aromatic heterocycles. The predicted molar refractivity (Wildman–Crippen MR) is 106 cm³/mol. The van der Waals surface area contributed by atoms with Crippen molar-refractivity contribution in [3.05, 3.63) is 60.2 Å². The first-order valence-corrected chi connectivity index (χ1v) is 10.5. The van der Waals surface area contributed by atoms with E-state index in [4.69, 9.17) is 0 Å². The summed E-state index contributed by atoms with van der Waals surface area (Å²) in [4.78, 5) is 24.2. The fourth-order valence-corrected chi connectivity index (χ4v) is 3.81. The third kappa shape index (κ3) is 5.17. The number of anilines is 1. The molecule has 0 saturated heterocycles. The maximum absolute atomic E-state index is 12.5. The Kier molecular flexibility index (Phi) is 6.11.